The highest BCUT2D eigenvalue weighted by Gasteiger charge is 2.21. The van der Waals surface area contributed by atoms with Gasteiger partial charge in [0.2, 0.25) is 5.91 Å². The summed E-state index contributed by atoms with van der Waals surface area (Å²) in [5, 5.41) is 3.31. The number of nitrogens with zero attached hydrogens (tertiary/aromatic N) is 1. The number of benzene rings is 1. The van der Waals surface area contributed by atoms with Crippen molar-refractivity contribution in [1.82, 2.24) is 0 Å². The number of aryl methyl sites for hydroxylation is 1. The van der Waals surface area contributed by atoms with Crippen molar-refractivity contribution in [1.29, 1.82) is 0 Å². The fraction of sp³-hybridized carbons (Fsp3) is 0.312. The molecule has 0 spiro atoms. The Kier molecular flexibility index (Phi) is 3.46. The van der Waals surface area contributed by atoms with E-state index in [1.165, 1.54) is 0 Å². The highest BCUT2D eigenvalue weighted by molar-refractivity contribution is 5.95. The summed E-state index contributed by atoms with van der Waals surface area (Å²) >= 11 is 0. The van der Waals surface area contributed by atoms with Gasteiger partial charge in [0.25, 0.3) is 0 Å². The summed E-state index contributed by atoms with van der Waals surface area (Å²) in [5.74, 6) is 2.06. The van der Waals surface area contributed by atoms with Gasteiger partial charge in [0.1, 0.15) is 11.5 Å². The Hall–Kier alpha value is -2.23. The molecule has 4 heteroatoms. The zero-order chi connectivity index (χ0) is 13.9. The fourth-order valence-corrected chi connectivity index (χ4v) is 2.45. The number of carbonyl (C=O) groups is 1. The van der Waals surface area contributed by atoms with Crippen LogP contribution in [0.1, 0.15) is 24.4 Å². The first-order valence-corrected chi connectivity index (χ1v) is 6.92. The van der Waals surface area contributed by atoms with Crippen LogP contribution < -0.4 is 10.2 Å². The predicted molar refractivity (Wildman–Crippen MR) is 78.8 cm³/mol. The quantitative estimate of drug-likeness (QED) is 0.927. The summed E-state index contributed by atoms with van der Waals surface area (Å²) in [7, 11) is 0. The Balaban J connectivity index is 1.62. The molecule has 1 fully saturated rings. The van der Waals surface area contributed by atoms with Crippen LogP contribution in [0.3, 0.4) is 0 Å². The lowest BCUT2D eigenvalue weighted by Gasteiger charge is -2.16. The molecule has 3 rings (SSSR count). The van der Waals surface area contributed by atoms with Gasteiger partial charge in [-0.25, -0.2) is 0 Å². The largest absolute Gasteiger partial charge is 0.465 e. The standard InChI is InChI=1S/C16H18N2O2/c1-12-4-9-15(20-12)11-17-13-5-7-14(8-6-13)18-10-2-3-16(18)19/h4-9,17H,2-3,10-11H2,1H3. The van der Waals surface area contributed by atoms with Crippen LogP contribution in [-0.4, -0.2) is 12.5 Å². The third-order valence-electron chi connectivity index (χ3n) is 3.52. The van der Waals surface area contributed by atoms with E-state index in [1.807, 2.05) is 48.2 Å². The second-order valence-corrected chi connectivity index (χ2v) is 5.06. The second-order valence-electron chi connectivity index (χ2n) is 5.06. The number of hydrogen-bond donors (Lipinski definition) is 1. The van der Waals surface area contributed by atoms with Gasteiger partial charge in [0.05, 0.1) is 6.54 Å². The first-order chi connectivity index (χ1) is 9.72. The van der Waals surface area contributed by atoms with Crippen LogP contribution in [0, 0.1) is 6.92 Å². The van der Waals surface area contributed by atoms with Crippen molar-refractivity contribution in [2.45, 2.75) is 26.3 Å². The van der Waals surface area contributed by atoms with Crippen LogP contribution in [0.25, 0.3) is 0 Å². The molecule has 0 radical (unpaired) electrons. The molecule has 1 aromatic carbocycles. The molecule has 1 amide bonds. The third-order valence-corrected chi connectivity index (χ3v) is 3.52. The molecule has 0 aliphatic carbocycles. The van der Waals surface area contributed by atoms with Gasteiger partial charge in [-0.1, -0.05) is 0 Å². The lowest BCUT2D eigenvalue weighted by molar-refractivity contribution is -0.117. The maximum absolute atomic E-state index is 11.7. The van der Waals surface area contributed by atoms with E-state index in [-0.39, 0.29) is 5.91 Å². The van der Waals surface area contributed by atoms with Crippen molar-refractivity contribution < 1.29 is 9.21 Å². The summed E-state index contributed by atoms with van der Waals surface area (Å²) in [5.41, 5.74) is 2.00. The normalized spacial score (nSPS) is 14.8. The molecular formula is C16H18N2O2. The molecule has 0 atom stereocenters. The molecule has 104 valence electrons. The van der Waals surface area contributed by atoms with Gasteiger partial charge >= 0.3 is 0 Å². The lowest BCUT2D eigenvalue weighted by Crippen LogP contribution is -2.23. The van der Waals surface area contributed by atoms with Gasteiger partial charge in [0.15, 0.2) is 0 Å². The summed E-state index contributed by atoms with van der Waals surface area (Å²) in [6.45, 7) is 3.43. The molecule has 20 heavy (non-hydrogen) atoms. The van der Waals surface area contributed by atoms with E-state index in [0.29, 0.717) is 13.0 Å². The maximum atomic E-state index is 11.7. The van der Waals surface area contributed by atoms with Gasteiger partial charge in [-0.3, -0.25) is 4.79 Å². The van der Waals surface area contributed by atoms with Crippen molar-refractivity contribution in [3.05, 3.63) is 47.9 Å². The summed E-state index contributed by atoms with van der Waals surface area (Å²) in [4.78, 5) is 13.5. The highest BCUT2D eigenvalue weighted by Crippen LogP contribution is 2.23. The molecule has 0 unspecified atom stereocenters. The van der Waals surface area contributed by atoms with Crippen molar-refractivity contribution in [3.63, 3.8) is 0 Å². The molecule has 0 saturated carbocycles. The molecule has 1 aliphatic heterocycles. The number of furan rings is 1. The van der Waals surface area contributed by atoms with Crippen LogP contribution in [0.15, 0.2) is 40.8 Å². The van der Waals surface area contributed by atoms with Crippen molar-refractivity contribution in [3.8, 4) is 0 Å². The number of hydrogen-bond acceptors (Lipinski definition) is 3. The van der Waals surface area contributed by atoms with Gasteiger partial charge in [-0.15, -0.1) is 0 Å². The van der Waals surface area contributed by atoms with Crippen LogP contribution in [0.4, 0.5) is 11.4 Å². The summed E-state index contributed by atoms with van der Waals surface area (Å²) in [6.07, 6.45) is 1.62. The number of anilines is 2. The Morgan fingerprint density at radius 3 is 2.60 bits per heavy atom. The average Bonchev–Trinajstić information content (AvgIpc) is 3.06. The number of carbonyl (C=O) groups excluding carboxylic acids is 1. The van der Waals surface area contributed by atoms with E-state index in [1.54, 1.807) is 0 Å². The van der Waals surface area contributed by atoms with Crippen molar-refractivity contribution in [2.75, 3.05) is 16.8 Å². The SMILES string of the molecule is Cc1ccc(CNc2ccc(N3CCCC3=O)cc2)o1. The zero-order valence-electron chi connectivity index (χ0n) is 11.6. The molecule has 1 N–H and O–H groups in total. The van der Waals surface area contributed by atoms with Crippen LogP contribution in [-0.2, 0) is 11.3 Å². The van der Waals surface area contributed by atoms with Gasteiger partial charge < -0.3 is 14.6 Å². The molecule has 1 saturated heterocycles. The minimum absolute atomic E-state index is 0.219. The van der Waals surface area contributed by atoms with E-state index in [0.717, 1.165) is 35.9 Å². The Morgan fingerprint density at radius 2 is 2.00 bits per heavy atom. The molecular weight excluding hydrogens is 252 g/mol. The van der Waals surface area contributed by atoms with E-state index in [4.69, 9.17) is 4.42 Å². The van der Waals surface area contributed by atoms with Crippen LogP contribution in [0.5, 0.6) is 0 Å². The summed E-state index contributed by atoms with van der Waals surface area (Å²) in [6, 6.07) is 11.9. The third kappa shape index (κ3) is 2.69. The molecule has 2 heterocycles. The monoisotopic (exact) mass is 270 g/mol. The molecule has 4 nitrogen and oxygen atoms in total. The summed E-state index contributed by atoms with van der Waals surface area (Å²) < 4.78 is 5.51. The smallest absolute Gasteiger partial charge is 0.227 e. The van der Waals surface area contributed by atoms with Crippen LogP contribution >= 0.6 is 0 Å². The number of amides is 1. The van der Waals surface area contributed by atoms with Crippen LogP contribution in [0.2, 0.25) is 0 Å². The second kappa shape index (κ2) is 5.41. The lowest BCUT2D eigenvalue weighted by atomic mass is 10.2. The number of nitrogens with one attached hydrogen (secondary N) is 1. The molecule has 1 aromatic heterocycles. The highest BCUT2D eigenvalue weighted by atomic mass is 16.3. The van der Waals surface area contributed by atoms with Gasteiger partial charge in [-0.2, -0.15) is 0 Å². The maximum Gasteiger partial charge on any atom is 0.227 e. The molecule has 2 aromatic rings. The van der Waals surface area contributed by atoms with E-state index < -0.39 is 0 Å². The van der Waals surface area contributed by atoms with E-state index in [9.17, 15) is 4.79 Å². The molecule has 1 aliphatic rings. The first kappa shape index (κ1) is 12.8. The Labute approximate surface area is 118 Å². The number of rotatable bonds is 4. The average molecular weight is 270 g/mol. The van der Waals surface area contributed by atoms with E-state index >= 15 is 0 Å². The topological polar surface area (TPSA) is 45.5 Å². The minimum Gasteiger partial charge on any atom is -0.465 e. The van der Waals surface area contributed by atoms with Gasteiger partial charge in [0, 0.05) is 24.3 Å². The Bertz CT molecular complexity index is 601. The fourth-order valence-electron chi connectivity index (χ4n) is 2.45. The van der Waals surface area contributed by atoms with Crippen molar-refractivity contribution in [2.24, 2.45) is 0 Å². The van der Waals surface area contributed by atoms with Gasteiger partial charge in [-0.05, 0) is 49.7 Å². The predicted octanol–water partition coefficient (Wildman–Crippen LogP) is 3.33. The minimum atomic E-state index is 0.219. The Morgan fingerprint density at radius 1 is 1.20 bits per heavy atom. The zero-order valence-corrected chi connectivity index (χ0v) is 11.6. The molecule has 0 bridgehead atoms. The first-order valence-electron chi connectivity index (χ1n) is 6.92. The van der Waals surface area contributed by atoms with E-state index in [2.05, 4.69) is 5.32 Å². The van der Waals surface area contributed by atoms with Crippen molar-refractivity contribution >= 4 is 17.3 Å².